The minimum Gasteiger partial charge on any atom is -0.351 e. The van der Waals surface area contributed by atoms with Crippen molar-refractivity contribution in [2.75, 3.05) is 13.6 Å². The smallest absolute Gasteiger partial charge is 0.267 e. The Kier molecular flexibility index (Phi) is 7.07. The van der Waals surface area contributed by atoms with Crippen LogP contribution in [-0.2, 0) is 13.5 Å². The van der Waals surface area contributed by atoms with Gasteiger partial charge in [0.25, 0.3) is 11.8 Å². The average molecular weight is 455 g/mol. The van der Waals surface area contributed by atoms with Gasteiger partial charge in [-0.15, -0.1) is 0 Å². The van der Waals surface area contributed by atoms with Gasteiger partial charge in [0.2, 0.25) is 0 Å². The van der Waals surface area contributed by atoms with Crippen molar-refractivity contribution in [2.45, 2.75) is 25.8 Å². The SMILES string of the molecule is Cc1cc(C(=O)N(C)[C@H](CCNC(=O)c2cccn2C)Cc2ccccc2)c2ncccc2c1. The fourth-order valence-electron chi connectivity index (χ4n) is 4.32. The van der Waals surface area contributed by atoms with Crippen molar-refractivity contribution in [1.29, 1.82) is 0 Å². The third kappa shape index (κ3) is 5.17. The summed E-state index contributed by atoms with van der Waals surface area (Å²) < 4.78 is 1.79. The number of aromatic nitrogens is 2. The number of aryl methyl sites for hydroxylation is 2. The Morgan fingerprint density at radius 1 is 1.06 bits per heavy atom. The van der Waals surface area contributed by atoms with Gasteiger partial charge in [0.15, 0.2) is 0 Å². The molecule has 0 fully saturated rings. The lowest BCUT2D eigenvalue weighted by molar-refractivity contribution is 0.0724. The molecule has 4 aromatic rings. The molecule has 0 saturated carbocycles. The molecule has 6 nitrogen and oxygen atoms in total. The van der Waals surface area contributed by atoms with Crippen LogP contribution in [0.15, 0.2) is 79.1 Å². The Labute approximate surface area is 200 Å². The zero-order valence-electron chi connectivity index (χ0n) is 19.9. The van der Waals surface area contributed by atoms with Crippen molar-refractivity contribution in [3.63, 3.8) is 0 Å². The van der Waals surface area contributed by atoms with Crippen LogP contribution in [-0.4, -0.2) is 45.9 Å². The van der Waals surface area contributed by atoms with Crippen molar-refractivity contribution in [3.05, 3.63) is 102 Å². The third-order valence-electron chi connectivity index (χ3n) is 6.20. The number of nitrogens with zero attached hydrogens (tertiary/aromatic N) is 3. The number of carbonyl (C=O) groups excluding carboxylic acids is 2. The number of hydrogen-bond acceptors (Lipinski definition) is 3. The zero-order chi connectivity index (χ0) is 24.1. The fourth-order valence-corrected chi connectivity index (χ4v) is 4.32. The lowest BCUT2D eigenvalue weighted by atomic mass is 9.99. The first-order valence-corrected chi connectivity index (χ1v) is 11.5. The van der Waals surface area contributed by atoms with Crippen molar-refractivity contribution < 1.29 is 9.59 Å². The largest absolute Gasteiger partial charge is 0.351 e. The molecule has 2 aromatic heterocycles. The van der Waals surface area contributed by atoms with E-state index in [9.17, 15) is 9.59 Å². The van der Waals surface area contributed by atoms with Gasteiger partial charge in [-0.25, -0.2) is 0 Å². The van der Waals surface area contributed by atoms with Gasteiger partial charge in [-0.3, -0.25) is 14.6 Å². The van der Waals surface area contributed by atoms with Gasteiger partial charge >= 0.3 is 0 Å². The van der Waals surface area contributed by atoms with Crippen LogP contribution in [0.5, 0.6) is 0 Å². The highest BCUT2D eigenvalue weighted by Crippen LogP contribution is 2.22. The van der Waals surface area contributed by atoms with Crippen LogP contribution in [0.25, 0.3) is 10.9 Å². The monoisotopic (exact) mass is 454 g/mol. The summed E-state index contributed by atoms with van der Waals surface area (Å²) in [5.41, 5.74) is 4.09. The minimum absolute atomic E-state index is 0.0675. The summed E-state index contributed by atoms with van der Waals surface area (Å²) in [5, 5.41) is 3.96. The van der Waals surface area contributed by atoms with Gasteiger partial charge in [-0.2, -0.15) is 0 Å². The van der Waals surface area contributed by atoms with Crippen molar-refractivity contribution in [1.82, 2.24) is 19.8 Å². The van der Waals surface area contributed by atoms with Crippen LogP contribution in [0, 0.1) is 6.92 Å². The molecule has 0 spiro atoms. The van der Waals surface area contributed by atoms with Crippen LogP contribution in [0.1, 0.15) is 38.4 Å². The molecule has 0 aliphatic heterocycles. The maximum absolute atomic E-state index is 13.7. The third-order valence-corrected chi connectivity index (χ3v) is 6.20. The van der Waals surface area contributed by atoms with Gasteiger partial charge in [-0.05, 0) is 61.2 Å². The molecular formula is C28H30N4O2. The average Bonchev–Trinajstić information content (AvgIpc) is 3.28. The van der Waals surface area contributed by atoms with E-state index in [-0.39, 0.29) is 17.9 Å². The number of benzene rings is 2. The number of rotatable bonds is 8. The van der Waals surface area contributed by atoms with Gasteiger partial charge in [0.1, 0.15) is 5.69 Å². The van der Waals surface area contributed by atoms with E-state index in [0.29, 0.717) is 36.2 Å². The number of hydrogen-bond donors (Lipinski definition) is 1. The summed E-state index contributed by atoms with van der Waals surface area (Å²) >= 11 is 0. The second-order valence-corrected chi connectivity index (χ2v) is 8.70. The van der Waals surface area contributed by atoms with Crippen molar-refractivity contribution in [3.8, 4) is 0 Å². The number of nitrogens with one attached hydrogen (secondary N) is 1. The standard InChI is InChI=1S/C28H30N4O2/c1-20-17-22-11-7-14-29-26(22)24(18-20)28(34)32(3)23(19-21-9-5-4-6-10-21)13-15-30-27(33)25-12-8-16-31(25)2/h4-12,14,16-18,23H,13,15,19H2,1-3H3,(H,30,33)/t23-/m1/s1. The molecule has 1 atom stereocenters. The van der Waals surface area contributed by atoms with Crippen molar-refractivity contribution >= 4 is 22.7 Å². The highest BCUT2D eigenvalue weighted by Gasteiger charge is 2.24. The molecule has 0 aliphatic carbocycles. The number of pyridine rings is 1. The van der Waals surface area contributed by atoms with Crippen LogP contribution in [0.4, 0.5) is 0 Å². The summed E-state index contributed by atoms with van der Waals surface area (Å²) in [6, 6.07) is 21.5. The molecule has 2 amide bonds. The number of carbonyl (C=O) groups is 2. The summed E-state index contributed by atoms with van der Waals surface area (Å²) in [7, 11) is 3.69. The van der Waals surface area contributed by atoms with E-state index in [0.717, 1.165) is 16.5 Å². The van der Waals surface area contributed by atoms with Crippen LogP contribution in [0.3, 0.4) is 0 Å². The molecule has 34 heavy (non-hydrogen) atoms. The lowest BCUT2D eigenvalue weighted by Crippen LogP contribution is -2.41. The Morgan fingerprint density at radius 3 is 2.59 bits per heavy atom. The van der Waals surface area contributed by atoms with Crippen LogP contribution < -0.4 is 5.32 Å². The van der Waals surface area contributed by atoms with E-state index in [4.69, 9.17) is 0 Å². The van der Waals surface area contributed by atoms with Gasteiger partial charge in [-0.1, -0.05) is 36.4 Å². The molecular weight excluding hydrogens is 424 g/mol. The molecule has 2 heterocycles. The predicted molar refractivity (Wildman–Crippen MR) is 135 cm³/mol. The van der Waals surface area contributed by atoms with Gasteiger partial charge in [0.05, 0.1) is 11.1 Å². The molecule has 0 radical (unpaired) electrons. The highest BCUT2D eigenvalue weighted by molar-refractivity contribution is 6.05. The molecule has 4 rings (SSSR count). The Morgan fingerprint density at radius 2 is 1.85 bits per heavy atom. The number of amides is 2. The Hall–Kier alpha value is -3.93. The van der Waals surface area contributed by atoms with E-state index in [2.05, 4.69) is 22.4 Å². The Balaban J connectivity index is 1.55. The first kappa shape index (κ1) is 23.2. The van der Waals surface area contributed by atoms with E-state index < -0.39 is 0 Å². The molecule has 2 aromatic carbocycles. The van der Waals surface area contributed by atoms with Gasteiger partial charge in [0, 0.05) is 44.5 Å². The quantitative estimate of drug-likeness (QED) is 0.430. The second-order valence-electron chi connectivity index (χ2n) is 8.70. The first-order valence-electron chi connectivity index (χ1n) is 11.5. The molecule has 0 bridgehead atoms. The normalized spacial score (nSPS) is 11.9. The molecule has 0 aliphatic rings. The van der Waals surface area contributed by atoms with E-state index in [1.54, 1.807) is 21.7 Å². The summed E-state index contributed by atoms with van der Waals surface area (Å²) in [5.74, 6) is -0.184. The number of likely N-dealkylation sites (N-methyl/N-ethyl adjacent to an activating group) is 1. The van der Waals surface area contributed by atoms with Crippen LogP contribution >= 0.6 is 0 Å². The molecule has 6 heteroatoms. The predicted octanol–water partition coefficient (Wildman–Crippen LogP) is 4.39. The van der Waals surface area contributed by atoms with Crippen molar-refractivity contribution in [2.24, 2.45) is 7.05 Å². The van der Waals surface area contributed by atoms with E-state index in [1.807, 2.05) is 75.7 Å². The first-order chi connectivity index (χ1) is 16.4. The second kappa shape index (κ2) is 10.3. The molecule has 1 N–H and O–H groups in total. The molecule has 174 valence electrons. The maximum Gasteiger partial charge on any atom is 0.267 e. The zero-order valence-corrected chi connectivity index (χ0v) is 19.9. The molecule has 0 unspecified atom stereocenters. The topological polar surface area (TPSA) is 67.2 Å². The lowest BCUT2D eigenvalue weighted by Gasteiger charge is -2.29. The van der Waals surface area contributed by atoms with Gasteiger partial charge < -0.3 is 14.8 Å². The minimum atomic E-state index is -0.117. The maximum atomic E-state index is 13.7. The fraction of sp³-hybridized carbons (Fsp3) is 0.250. The summed E-state index contributed by atoms with van der Waals surface area (Å²) in [6.45, 7) is 2.45. The summed E-state index contributed by atoms with van der Waals surface area (Å²) in [4.78, 5) is 32.5. The van der Waals surface area contributed by atoms with E-state index >= 15 is 0 Å². The highest BCUT2D eigenvalue weighted by atomic mass is 16.2. The van der Waals surface area contributed by atoms with Crippen LogP contribution in [0.2, 0.25) is 0 Å². The number of fused-ring (bicyclic) bond motifs is 1. The van der Waals surface area contributed by atoms with E-state index in [1.165, 1.54) is 0 Å². The summed E-state index contributed by atoms with van der Waals surface area (Å²) in [6.07, 6.45) is 4.89. The molecule has 0 saturated heterocycles. The Bertz CT molecular complexity index is 1300.